The Hall–Kier alpha value is -2.14. The predicted octanol–water partition coefficient (Wildman–Crippen LogP) is 0.955. The lowest BCUT2D eigenvalue weighted by Crippen LogP contribution is -2.32. The first-order valence-electron chi connectivity index (χ1n) is 5.69. The van der Waals surface area contributed by atoms with Gasteiger partial charge in [-0.15, -0.1) is 0 Å². The number of carboxylic acid groups (broad SMARTS) is 1. The number of aliphatic carboxylic acids is 1. The number of imidazole rings is 1. The van der Waals surface area contributed by atoms with Crippen LogP contribution in [0.1, 0.15) is 17.0 Å². The zero-order valence-corrected chi connectivity index (χ0v) is 9.84. The average Bonchev–Trinajstić information content (AvgIpc) is 2.82. The minimum atomic E-state index is -0.980. The molecule has 5 nitrogen and oxygen atoms in total. The normalized spacial score (nSPS) is 12.3. The molecule has 0 aliphatic heterocycles. The molecule has 0 bridgehead atoms. The summed E-state index contributed by atoms with van der Waals surface area (Å²) in [6.07, 6.45) is 4.52. The van der Waals surface area contributed by atoms with Crippen LogP contribution in [-0.2, 0) is 17.6 Å². The summed E-state index contributed by atoms with van der Waals surface area (Å²) < 4.78 is 0. The minimum Gasteiger partial charge on any atom is -0.480 e. The summed E-state index contributed by atoms with van der Waals surface area (Å²) in [5, 5.41) is 8.78. The fraction of sp³-hybridized carbons (Fsp3) is 0.231. The SMILES string of the molecule is N[C@@H](Cc1cccc(Cc2ncc[nH]2)c1)C(=O)O. The molecule has 2 aromatic rings. The highest BCUT2D eigenvalue weighted by Crippen LogP contribution is 2.10. The third-order valence-electron chi connectivity index (χ3n) is 2.69. The summed E-state index contributed by atoms with van der Waals surface area (Å²) in [4.78, 5) is 17.9. The Morgan fingerprint density at radius 3 is 2.89 bits per heavy atom. The van der Waals surface area contributed by atoms with E-state index in [1.807, 2.05) is 24.3 Å². The summed E-state index contributed by atoms with van der Waals surface area (Å²) in [5.41, 5.74) is 7.52. The third kappa shape index (κ3) is 3.18. The molecule has 4 N–H and O–H groups in total. The first-order chi connectivity index (χ1) is 8.65. The van der Waals surface area contributed by atoms with Crippen LogP contribution < -0.4 is 5.73 Å². The van der Waals surface area contributed by atoms with Crippen molar-refractivity contribution in [2.24, 2.45) is 5.73 Å². The molecule has 0 amide bonds. The van der Waals surface area contributed by atoms with Gasteiger partial charge in [0.25, 0.3) is 0 Å². The lowest BCUT2D eigenvalue weighted by molar-refractivity contribution is -0.138. The molecule has 0 saturated carbocycles. The lowest BCUT2D eigenvalue weighted by Gasteiger charge is -2.07. The second-order valence-corrected chi connectivity index (χ2v) is 4.18. The van der Waals surface area contributed by atoms with E-state index < -0.39 is 12.0 Å². The highest BCUT2D eigenvalue weighted by molar-refractivity contribution is 5.73. The van der Waals surface area contributed by atoms with Crippen molar-refractivity contribution < 1.29 is 9.90 Å². The van der Waals surface area contributed by atoms with E-state index in [1.165, 1.54) is 0 Å². The number of hydrogen-bond acceptors (Lipinski definition) is 3. The first kappa shape index (κ1) is 12.3. The van der Waals surface area contributed by atoms with Gasteiger partial charge in [-0.2, -0.15) is 0 Å². The highest BCUT2D eigenvalue weighted by atomic mass is 16.4. The van der Waals surface area contributed by atoms with E-state index in [1.54, 1.807) is 12.4 Å². The number of nitrogens with one attached hydrogen (secondary N) is 1. The van der Waals surface area contributed by atoms with E-state index in [-0.39, 0.29) is 0 Å². The van der Waals surface area contributed by atoms with Gasteiger partial charge in [0.05, 0.1) is 0 Å². The van der Waals surface area contributed by atoms with Crippen LogP contribution in [-0.4, -0.2) is 27.1 Å². The molecule has 1 heterocycles. The van der Waals surface area contributed by atoms with Crippen molar-refractivity contribution in [1.82, 2.24) is 9.97 Å². The molecule has 94 valence electrons. The fourth-order valence-electron chi connectivity index (χ4n) is 1.80. The van der Waals surface area contributed by atoms with Gasteiger partial charge in [-0.1, -0.05) is 24.3 Å². The second kappa shape index (κ2) is 5.46. The molecule has 0 aliphatic rings. The Balaban J connectivity index is 2.07. The zero-order valence-electron chi connectivity index (χ0n) is 9.84. The number of hydrogen-bond donors (Lipinski definition) is 3. The van der Waals surface area contributed by atoms with E-state index in [2.05, 4.69) is 9.97 Å². The Bertz CT molecular complexity index is 523. The standard InChI is InChI=1S/C13H15N3O2/c14-11(13(17)18)7-9-2-1-3-10(6-9)8-12-15-4-5-16-12/h1-6,11H,7-8,14H2,(H,15,16)(H,17,18)/t11-/m0/s1. The minimum absolute atomic E-state index is 0.335. The van der Waals surface area contributed by atoms with Gasteiger partial charge in [0, 0.05) is 18.8 Å². The van der Waals surface area contributed by atoms with Crippen LogP contribution in [0.5, 0.6) is 0 Å². The number of carbonyl (C=O) groups is 1. The summed E-state index contributed by atoms with van der Waals surface area (Å²) in [5.74, 6) is -0.0962. The average molecular weight is 245 g/mol. The molecular formula is C13H15N3O2. The van der Waals surface area contributed by atoms with E-state index in [9.17, 15) is 4.79 Å². The van der Waals surface area contributed by atoms with Crippen LogP contribution >= 0.6 is 0 Å². The predicted molar refractivity (Wildman–Crippen MR) is 67.2 cm³/mol. The molecule has 5 heteroatoms. The maximum Gasteiger partial charge on any atom is 0.320 e. The molecule has 2 rings (SSSR count). The van der Waals surface area contributed by atoms with Crippen LogP contribution in [0.15, 0.2) is 36.7 Å². The topological polar surface area (TPSA) is 92.0 Å². The van der Waals surface area contributed by atoms with Crippen LogP contribution in [0.3, 0.4) is 0 Å². The van der Waals surface area contributed by atoms with Crippen molar-refractivity contribution in [3.05, 3.63) is 53.6 Å². The number of aromatic amines is 1. The number of benzene rings is 1. The van der Waals surface area contributed by atoms with E-state index in [0.717, 1.165) is 17.0 Å². The van der Waals surface area contributed by atoms with Crippen molar-refractivity contribution in [3.8, 4) is 0 Å². The molecule has 0 unspecified atom stereocenters. The maximum absolute atomic E-state index is 10.7. The Labute approximate surface area is 105 Å². The van der Waals surface area contributed by atoms with Crippen LogP contribution in [0.4, 0.5) is 0 Å². The van der Waals surface area contributed by atoms with Gasteiger partial charge in [-0.3, -0.25) is 4.79 Å². The van der Waals surface area contributed by atoms with E-state index >= 15 is 0 Å². The molecule has 0 radical (unpaired) electrons. The second-order valence-electron chi connectivity index (χ2n) is 4.18. The molecule has 0 aliphatic carbocycles. The van der Waals surface area contributed by atoms with E-state index in [0.29, 0.717) is 12.8 Å². The van der Waals surface area contributed by atoms with Gasteiger partial charge in [0.15, 0.2) is 0 Å². The molecule has 1 aromatic heterocycles. The molecule has 0 fully saturated rings. The summed E-state index contributed by atoms with van der Waals surface area (Å²) in [6, 6.07) is 6.88. The van der Waals surface area contributed by atoms with Gasteiger partial charge >= 0.3 is 5.97 Å². The summed E-state index contributed by atoms with van der Waals surface area (Å²) in [6.45, 7) is 0. The maximum atomic E-state index is 10.7. The smallest absolute Gasteiger partial charge is 0.320 e. The molecule has 18 heavy (non-hydrogen) atoms. The van der Waals surface area contributed by atoms with Gasteiger partial charge in [0.1, 0.15) is 11.9 Å². The quantitative estimate of drug-likeness (QED) is 0.731. The number of H-pyrrole nitrogens is 1. The molecule has 0 spiro atoms. The monoisotopic (exact) mass is 245 g/mol. The lowest BCUT2D eigenvalue weighted by atomic mass is 10.0. The van der Waals surface area contributed by atoms with Crippen molar-refractivity contribution >= 4 is 5.97 Å². The molecule has 1 atom stereocenters. The van der Waals surface area contributed by atoms with Crippen LogP contribution in [0.2, 0.25) is 0 Å². The van der Waals surface area contributed by atoms with Crippen molar-refractivity contribution in [2.45, 2.75) is 18.9 Å². The van der Waals surface area contributed by atoms with Crippen molar-refractivity contribution in [2.75, 3.05) is 0 Å². The third-order valence-corrected chi connectivity index (χ3v) is 2.69. The number of aromatic nitrogens is 2. The van der Waals surface area contributed by atoms with Crippen LogP contribution in [0, 0.1) is 0 Å². The van der Waals surface area contributed by atoms with Crippen molar-refractivity contribution in [3.63, 3.8) is 0 Å². The summed E-state index contributed by atoms with van der Waals surface area (Å²) >= 11 is 0. The fourth-order valence-corrected chi connectivity index (χ4v) is 1.80. The van der Waals surface area contributed by atoms with Crippen LogP contribution in [0.25, 0.3) is 0 Å². The molecule has 1 aromatic carbocycles. The number of carboxylic acids is 1. The van der Waals surface area contributed by atoms with Gasteiger partial charge in [-0.05, 0) is 17.5 Å². The zero-order chi connectivity index (χ0) is 13.0. The number of nitrogens with zero attached hydrogens (tertiary/aromatic N) is 1. The van der Waals surface area contributed by atoms with Gasteiger partial charge < -0.3 is 15.8 Å². The number of nitrogens with two attached hydrogens (primary N) is 1. The van der Waals surface area contributed by atoms with Gasteiger partial charge in [0.2, 0.25) is 0 Å². The number of rotatable bonds is 5. The molecule has 0 saturated heterocycles. The van der Waals surface area contributed by atoms with Gasteiger partial charge in [-0.25, -0.2) is 4.98 Å². The Kier molecular flexibility index (Phi) is 3.74. The largest absolute Gasteiger partial charge is 0.480 e. The molecular weight excluding hydrogens is 230 g/mol. The summed E-state index contributed by atoms with van der Waals surface area (Å²) in [7, 11) is 0. The van der Waals surface area contributed by atoms with E-state index in [4.69, 9.17) is 10.8 Å². The highest BCUT2D eigenvalue weighted by Gasteiger charge is 2.12. The first-order valence-corrected chi connectivity index (χ1v) is 5.69. The Morgan fingerprint density at radius 1 is 1.44 bits per heavy atom. The van der Waals surface area contributed by atoms with Crippen molar-refractivity contribution in [1.29, 1.82) is 0 Å². The Morgan fingerprint density at radius 2 is 2.22 bits per heavy atom.